The molecular weight excluding hydrogens is 302 g/mol. The van der Waals surface area contributed by atoms with Gasteiger partial charge in [0.1, 0.15) is 5.25 Å². The van der Waals surface area contributed by atoms with E-state index in [2.05, 4.69) is 15.5 Å². The van der Waals surface area contributed by atoms with Crippen LogP contribution in [0.15, 0.2) is 34.5 Å². The lowest BCUT2D eigenvalue weighted by Crippen LogP contribution is -2.26. The fraction of sp³-hybridized carbons (Fsp3) is 0.167. The Bertz CT molecular complexity index is 603. The van der Waals surface area contributed by atoms with Gasteiger partial charge in [-0.2, -0.15) is 5.10 Å². The molecule has 2 rings (SSSR count). The lowest BCUT2D eigenvalue weighted by atomic mass is 10.2. The molecule has 1 heterocycles. The molecule has 1 atom stereocenters. The number of thioether (sulfide) groups is 1. The normalized spacial score (nSPS) is 20.6. The number of hydrogen-bond donors (Lipinski definition) is 2. The van der Waals surface area contributed by atoms with Gasteiger partial charge in [0, 0.05) is 10.6 Å². The van der Waals surface area contributed by atoms with E-state index in [1.807, 2.05) is 6.07 Å². The molecule has 0 aliphatic carbocycles. The summed E-state index contributed by atoms with van der Waals surface area (Å²) in [5.74, 6) is -1.40. The maximum atomic E-state index is 11.5. The van der Waals surface area contributed by atoms with Crippen LogP contribution in [0.25, 0.3) is 0 Å². The van der Waals surface area contributed by atoms with Crippen molar-refractivity contribution in [1.82, 2.24) is 5.32 Å². The minimum Gasteiger partial charge on any atom is -0.481 e. The van der Waals surface area contributed by atoms with Crippen molar-refractivity contribution in [2.24, 2.45) is 10.2 Å². The summed E-state index contributed by atoms with van der Waals surface area (Å²) < 4.78 is 0. The molecule has 0 spiro atoms. The van der Waals surface area contributed by atoms with E-state index in [4.69, 9.17) is 16.7 Å². The number of aliphatic carboxylic acids is 1. The molecular formula is C12H10ClN3O3S. The fourth-order valence-electron chi connectivity index (χ4n) is 1.47. The Hall–Kier alpha value is -1.86. The van der Waals surface area contributed by atoms with E-state index in [1.165, 1.54) is 6.21 Å². The zero-order chi connectivity index (χ0) is 14.5. The molecule has 1 aromatic rings. The molecule has 0 radical (unpaired) electrons. The third-order valence-electron chi connectivity index (χ3n) is 2.39. The van der Waals surface area contributed by atoms with E-state index >= 15 is 0 Å². The highest BCUT2D eigenvalue weighted by Crippen LogP contribution is 2.22. The zero-order valence-electron chi connectivity index (χ0n) is 10.1. The molecule has 20 heavy (non-hydrogen) atoms. The summed E-state index contributed by atoms with van der Waals surface area (Å²) in [6.45, 7) is 0. The van der Waals surface area contributed by atoms with Gasteiger partial charge in [0.15, 0.2) is 5.17 Å². The molecule has 0 saturated carbocycles. The molecule has 104 valence electrons. The van der Waals surface area contributed by atoms with E-state index in [1.54, 1.807) is 18.2 Å². The van der Waals surface area contributed by atoms with Crippen molar-refractivity contribution in [2.45, 2.75) is 11.7 Å². The number of carboxylic acid groups (broad SMARTS) is 1. The number of nitrogens with zero attached hydrogens (tertiary/aromatic N) is 2. The number of halogens is 1. The van der Waals surface area contributed by atoms with Crippen molar-refractivity contribution in [3.05, 3.63) is 34.9 Å². The van der Waals surface area contributed by atoms with Crippen LogP contribution < -0.4 is 5.32 Å². The van der Waals surface area contributed by atoms with Gasteiger partial charge in [0.2, 0.25) is 5.91 Å². The van der Waals surface area contributed by atoms with Crippen LogP contribution in [-0.2, 0) is 9.59 Å². The first-order chi connectivity index (χ1) is 9.56. The minimum atomic E-state index is -1.03. The van der Waals surface area contributed by atoms with Crippen molar-refractivity contribution in [1.29, 1.82) is 0 Å². The first-order valence-corrected chi connectivity index (χ1v) is 6.87. The molecule has 1 aliphatic rings. The Kier molecular flexibility index (Phi) is 4.75. The second-order valence-electron chi connectivity index (χ2n) is 3.86. The molecule has 6 nitrogen and oxygen atoms in total. The summed E-state index contributed by atoms with van der Waals surface area (Å²) in [6.07, 6.45) is 1.22. The lowest BCUT2D eigenvalue weighted by molar-refractivity contribution is -0.138. The highest BCUT2D eigenvalue weighted by molar-refractivity contribution is 8.15. The van der Waals surface area contributed by atoms with E-state index in [0.29, 0.717) is 10.6 Å². The Morgan fingerprint density at radius 3 is 2.95 bits per heavy atom. The van der Waals surface area contributed by atoms with Crippen molar-refractivity contribution in [3.63, 3.8) is 0 Å². The second kappa shape index (κ2) is 6.53. The molecule has 0 aromatic heterocycles. The average Bonchev–Trinajstić information content (AvgIpc) is 2.72. The molecule has 1 aromatic carbocycles. The Morgan fingerprint density at radius 2 is 2.25 bits per heavy atom. The van der Waals surface area contributed by atoms with Crippen LogP contribution in [0.5, 0.6) is 0 Å². The molecule has 0 bridgehead atoms. The number of carbonyl (C=O) groups excluding carboxylic acids is 1. The third kappa shape index (κ3) is 3.82. The van der Waals surface area contributed by atoms with Gasteiger partial charge in [-0.3, -0.25) is 9.59 Å². The quantitative estimate of drug-likeness (QED) is 0.654. The van der Waals surface area contributed by atoms with E-state index in [0.717, 1.165) is 11.8 Å². The summed E-state index contributed by atoms with van der Waals surface area (Å²) in [6, 6.07) is 7.12. The number of carboxylic acids is 1. The molecule has 1 saturated heterocycles. The third-order valence-corrected chi connectivity index (χ3v) is 3.80. The molecule has 1 amide bonds. The topological polar surface area (TPSA) is 91.1 Å². The lowest BCUT2D eigenvalue weighted by Gasteiger charge is -1.97. The summed E-state index contributed by atoms with van der Waals surface area (Å²) in [7, 11) is 0. The smallest absolute Gasteiger partial charge is 0.305 e. The van der Waals surface area contributed by atoms with Crippen molar-refractivity contribution >= 4 is 46.6 Å². The fourth-order valence-corrected chi connectivity index (χ4v) is 2.57. The van der Waals surface area contributed by atoms with E-state index in [-0.39, 0.29) is 17.5 Å². The monoisotopic (exact) mass is 311 g/mol. The SMILES string of the molecule is O=C(O)C[C@H]1S/C(=N\N=C/c2ccccc2Cl)NC1=O. The summed E-state index contributed by atoms with van der Waals surface area (Å²) in [4.78, 5) is 22.0. The van der Waals surface area contributed by atoms with Gasteiger partial charge >= 0.3 is 5.97 Å². The summed E-state index contributed by atoms with van der Waals surface area (Å²) in [5.41, 5.74) is 0.704. The second-order valence-corrected chi connectivity index (χ2v) is 5.46. The average molecular weight is 312 g/mol. The standard InChI is InChI=1S/C12H10ClN3O3S/c13-8-4-2-1-3-7(8)6-14-16-12-15-11(19)9(20-12)5-10(17)18/h1-4,6,9H,5H2,(H,17,18)(H,15,16,19)/b14-6-/t9-/m1/s1. The predicted molar refractivity (Wildman–Crippen MR) is 78.3 cm³/mol. The molecule has 1 aliphatic heterocycles. The number of carbonyl (C=O) groups is 2. The van der Waals surface area contributed by atoms with Gasteiger partial charge in [-0.25, -0.2) is 0 Å². The van der Waals surface area contributed by atoms with Crippen LogP contribution in [0.1, 0.15) is 12.0 Å². The molecule has 8 heteroatoms. The number of rotatable bonds is 4. The number of amidine groups is 1. The van der Waals surface area contributed by atoms with Crippen LogP contribution in [0.3, 0.4) is 0 Å². The summed E-state index contributed by atoms with van der Waals surface area (Å²) in [5, 5.41) is 19.0. The van der Waals surface area contributed by atoms with Gasteiger partial charge < -0.3 is 10.4 Å². The van der Waals surface area contributed by atoms with Crippen LogP contribution in [0.2, 0.25) is 5.02 Å². The Balaban J connectivity index is 2.01. The Labute approximate surface area is 123 Å². The first-order valence-electron chi connectivity index (χ1n) is 5.61. The van der Waals surface area contributed by atoms with E-state index < -0.39 is 11.2 Å². The van der Waals surface area contributed by atoms with Gasteiger partial charge in [-0.1, -0.05) is 41.6 Å². The number of nitrogens with one attached hydrogen (secondary N) is 1. The van der Waals surface area contributed by atoms with Gasteiger partial charge in [-0.15, -0.1) is 5.10 Å². The van der Waals surface area contributed by atoms with Crippen molar-refractivity contribution < 1.29 is 14.7 Å². The molecule has 0 unspecified atom stereocenters. The number of amides is 1. The Morgan fingerprint density at radius 1 is 1.50 bits per heavy atom. The van der Waals surface area contributed by atoms with Gasteiger partial charge in [0.25, 0.3) is 0 Å². The highest BCUT2D eigenvalue weighted by Gasteiger charge is 2.32. The van der Waals surface area contributed by atoms with Crippen LogP contribution in [0.4, 0.5) is 0 Å². The van der Waals surface area contributed by atoms with Crippen molar-refractivity contribution in [2.75, 3.05) is 0 Å². The molecule has 1 fully saturated rings. The van der Waals surface area contributed by atoms with Crippen LogP contribution in [0, 0.1) is 0 Å². The predicted octanol–water partition coefficient (Wildman–Crippen LogP) is 1.74. The minimum absolute atomic E-state index is 0.246. The van der Waals surface area contributed by atoms with Crippen molar-refractivity contribution in [3.8, 4) is 0 Å². The largest absolute Gasteiger partial charge is 0.481 e. The highest BCUT2D eigenvalue weighted by atomic mass is 35.5. The molecule has 2 N–H and O–H groups in total. The number of benzene rings is 1. The zero-order valence-corrected chi connectivity index (χ0v) is 11.7. The number of hydrogen-bond acceptors (Lipinski definition) is 5. The van der Waals surface area contributed by atoms with Gasteiger partial charge in [-0.05, 0) is 6.07 Å². The van der Waals surface area contributed by atoms with Crippen LogP contribution >= 0.6 is 23.4 Å². The van der Waals surface area contributed by atoms with Gasteiger partial charge in [0.05, 0.1) is 12.6 Å². The van der Waals surface area contributed by atoms with Crippen LogP contribution in [-0.4, -0.2) is 33.6 Å². The summed E-state index contributed by atoms with van der Waals surface area (Å²) >= 11 is 6.99. The maximum Gasteiger partial charge on any atom is 0.305 e. The maximum absolute atomic E-state index is 11.5. The van der Waals surface area contributed by atoms with E-state index in [9.17, 15) is 9.59 Å². The first kappa shape index (κ1) is 14.5.